The summed E-state index contributed by atoms with van der Waals surface area (Å²) in [5, 5.41) is 12.3. The van der Waals surface area contributed by atoms with Crippen LogP contribution in [0.4, 0.5) is 10.5 Å². The smallest absolute Gasteiger partial charge is 0.321 e. The largest absolute Gasteiger partial charge is 0.481 e. The molecule has 6 heteroatoms. The Bertz CT molecular complexity index is 541. The zero-order valence-electron chi connectivity index (χ0n) is 11.4. The maximum absolute atomic E-state index is 12.0. The molecule has 0 aliphatic carbocycles. The fourth-order valence-electron chi connectivity index (χ4n) is 2.07. The molecule has 2 N–H and O–H groups in total. The fraction of sp³-hybridized carbons (Fsp3) is 0.429. The molecule has 1 unspecified atom stereocenters. The molecule has 108 valence electrons. The first-order valence-electron chi connectivity index (χ1n) is 6.43. The van der Waals surface area contributed by atoms with Gasteiger partial charge < -0.3 is 15.3 Å². The van der Waals surface area contributed by atoms with Gasteiger partial charge in [-0.25, -0.2) is 4.79 Å². The van der Waals surface area contributed by atoms with Crippen LogP contribution in [0.2, 0.25) is 5.02 Å². The molecule has 0 radical (unpaired) electrons. The molecular formula is C14H17ClN2O3. The Morgan fingerprint density at radius 2 is 2.10 bits per heavy atom. The standard InChI is InChI=1S/C14H17ClN2O3/c1-8-3-4-11(5-12(8)15)16-14(20)17-6-10(7-17)9(2)13(18)19/h3-5,9-10H,6-7H2,1-2H3,(H,16,20)(H,18,19). The second kappa shape index (κ2) is 5.71. The van der Waals surface area contributed by atoms with Gasteiger partial charge in [-0.15, -0.1) is 0 Å². The number of hydrogen-bond acceptors (Lipinski definition) is 2. The van der Waals surface area contributed by atoms with Crippen LogP contribution in [0.3, 0.4) is 0 Å². The fourth-order valence-corrected chi connectivity index (χ4v) is 2.25. The first-order chi connectivity index (χ1) is 9.38. The number of carbonyl (C=O) groups excluding carboxylic acids is 1. The Kier molecular flexibility index (Phi) is 4.18. The lowest BCUT2D eigenvalue weighted by Crippen LogP contribution is -2.54. The minimum absolute atomic E-state index is 0.0276. The average molecular weight is 297 g/mol. The highest BCUT2D eigenvalue weighted by molar-refractivity contribution is 6.31. The number of hydrogen-bond donors (Lipinski definition) is 2. The highest BCUT2D eigenvalue weighted by atomic mass is 35.5. The van der Waals surface area contributed by atoms with Crippen LogP contribution in [0.25, 0.3) is 0 Å². The maximum atomic E-state index is 12.0. The summed E-state index contributed by atoms with van der Waals surface area (Å²) in [6.45, 7) is 4.50. The number of urea groups is 1. The van der Waals surface area contributed by atoms with Gasteiger partial charge in [-0.05, 0) is 24.6 Å². The Hall–Kier alpha value is -1.75. The molecule has 0 bridgehead atoms. The Morgan fingerprint density at radius 1 is 1.45 bits per heavy atom. The molecule has 1 aromatic rings. The number of rotatable bonds is 3. The van der Waals surface area contributed by atoms with E-state index in [1.165, 1.54) is 0 Å². The number of aliphatic carboxylic acids is 1. The van der Waals surface area contributed by atoms with Crippen molar-refractivity contribution in [3.63, 3.8) is 0 Å². The lowest BCUT2D eigenvalue weighted by molar-refractivity contribution is -0.144. The summed E-state index contributed by atoms with van der Waals surface area (Å²) in [7, 11) is 0. The highest BCUT2D eigenvalue weighted by Crippen LogP contribution is 2.25. The zero-order valence-corrected chi connectivity index (χ0v) is 12.1. The molecule has 1 aliphatic rings. The SMILES string of the molecule is Cc1ccc(NC(=O)N2CC(C(C)C(=O)O)C2)cc1Cl. The molecule has 1 aliphatic heterocycles. The van der Waals surface area contributed by atoms with Gasteiger partial charge >= 0.3 is 12.0 Å². The first-order valence-corrected chi connectivity index (χ1v) is 6.81. The molecule has 1 heterocycles. The number of likely N-dealkylation sites (tertiary alicyclic amines) is 1. The van der Waals surface area contributed by atoms with Crippen molar-refractivity contribution >= 4 is 29.3 Å². The van der Waals surface area contributed by atoms with E-state index < -0.39 is 11.9 Å². The first kappa shape index (κ1) is 14.7. The van der Waals surface area contributed by atoms with Gasteiger partial charge in [-0.2, -0.15) is 0 Å². The quantitative estimate of drug-likeness (QED) is 0.901. The molecule has 1 aromatic carbocycles. The number of carboxylic acids is 1. The lowest BCUT2D eigenvalue weighted by Gasteiger charge is -2.41. The van der Waals surface area contributed by atoms with E-state index in [2.05, 4.69) is 5.32 Å². The molecule has 1 fully saturated rings. The van der Waals surface area contributed by atoms with E-state index in [9.17, 15) is 9.59 Å². The molecule has 0 spiro atoms. The molecule has 20 heavy (non-hydrogen) atoms. The number of anilines is 1. The molecule has 1 saturated heterocycles. The van der Waals surface area contributed by atoms with Gasteiger partial charge in [0.2, 0.25) is 0 Å². The van der Waals surface area contributed by atoms with Crippen molar-refractivity contribution in [1.29, 1.82) is 0 Å². The van der Waals surface area contributed by atoms with Crippen LogP contribution < -0.4 is 5.32 Å². The van der Waals surface area contributed by atoms with Crippen LogP contribution >= 0.6 is 11.6 Å². The van der Waals surface area contributed by atoms with Crippen molar-refractivity contribution in [1.82, 2.24) is 4.90 Å². The number of nitrogens with one attached hydrogen (secondary N) is 1. The van der Waals surface area contributed by atoms with E-state index in [0.717, 1.165) is 5.56 Å². The normalized spacial score (nSPS) is 16.4. The van der Waals surface area contributed by atoms with Gasteiger partial charge in [-0.3, -0.25) is 4.79 Å². The van der Waals surface area contributed by atoms with Gasteiger partial charge in [0.25, 0.3) is 0 Å². The van der Waals surface area contributed by atoms with Gasteiger partial charge in [-0.1, -0.05) is 24.6 Å². The van der Waals surface area contributed by atoms with Gasteiger partial charge in [0.1, 0.15) is 0 Å². The van der Waals surface area contributed by atoms with E-state index >= 15 is 0 Å². The predicted molar refractivity (Wildman–Crippen MR) is 77.1 cm³/mol. The van der Waals surface area contributed by atoms with Crippen molar-refractivity contribution < 1.29 is 14.7 Å². The van der Waals surface area contributed by atoms with Crippen LogP contribution in [-0.4, -0.2) is 35.1 Å². The summed E-state index contributed by atoms with van der Waals surface area (Å²) >= 11 is 5.99. The number of carboxylic acid groups (broad SMARTS) is 1. The molecule has 0 aromatic heterocycles. The van der Waals surface area contributed by atoms with E-state index in [4.69, 9.17) is 16.7 Å². The number of aryl methyl sites for hydroxylation is 1. The van der Waals surface area contributed by atoms with Crippen molar-refractivity contribution in [3.8, 4) is 0 Å². The molecule has 1 atom stereocenters. The van der Waals surface area contributed by atoms with E-state index in [1.54, 1.807) is 24.0 Å². The Morgan fingerprint density at radius 3 is 2.65 bits per heavy atom. The summed E-state index contributed by atoms with van der Waals surface area (Å²) in [5.41, 5.74) is 1.59. The van der Waals surface area contributed by atoms with Crippen LogP contribution in [-0.2, 0) is 4.79 Å². The molecule has 5 nitrogen and oxygen atoms in total. The van der Waals surface area contributed by atoms with Crippen LogP contribution in [0.15, 0.2) is 18.2 Å². The molecular weight excluding hydrogens is 280 g/mol. The summed E-state index contributed by atoms with van der Waals surface area (Å²) in [5.74, 6) is -1.21. The highest BCUT2D eigenvalue weighted by Gasteiger charge is 2.37. The van der Waals surface area contributed by atoms with E-state index in [1.807, 2.05) is 13.0 Å². The van der Waals surface area contributed by atoms with Gasteiger partial charge in [0, 0.05) is 29.7 Å². The third-order valence-electron chi connectivity index (χ3n) is 3.72. The van der Waals surface area contributed by atoms with Crippen LogP contribution in [0.1, 0.15) is 12.5 Å². The lowest BCUT2D eigenvalue weighted by atomic mass is 9.87. The maximum Gasteiger partial charge on any atom is 0.321 e. The third-order valence-corrected chi connectivity index (χ3v) is 4.12. The molecule has 2 amide bonds. The van der Waals surface area contributed by atoms with Crippen LogP contribution in [0, 0.1) is 18.8 Å². The number of halogens is 1. The Labute approximate surface area is 122 Å². The number of amides is 2. The van der Waals surface area contributed by atoms with Gasteiger partial charge in [0.05, 0.1) is 5.92 Å². The van der Waals surface area contributed by atoms with E-state index in [-0.39, 0.29) is 11.9 Å². The molecule has 2 rings (SSSR count). The average Bonchev–Trinajstić information content (AvgIpc) is 2.31. The topological polar surface area (TPSA) is 69.6 Å². The van der Waals surface area contributed by atoms with E-state index in [0.29, 0.717) is 23.8 Å². The minimum Gasteiger partial charge on any atom is -0.481 e. The number of benzene rings is 1. The Balaban J connectivity index is 1.88. The predicted octanol–water partition coefficient (Wildman–Crippen LogP) is 2.83. The summed E-state index contributed by atoms with van der Waals surface area (Å²) in [4.78, 5) is 24.4. The second-order valence-corrected chi connectivity index (χ2v) is 5.59. The van der Waals surface area contributed by atoms with Crippen molar-refractivity contribution in [2.24, 2.45) is 11.8 Å². The zero-order chi connectivity index (χ0) is 14.9. The van der Waals surface area contributed by atoms with Crippen molar-refractivity contribution in [2.75, 3.05) is 18.4 Å². The monoisotopic (exact) mass is 296 g/mol. The third kappa shape index (κ3) is 3.04. The van der Waals surface area contributed by atoms with Crippen molar-refractivity contribution in [2.45, 2.75) is 13.8 Å². The summed E-state index contributed by atoms with van der Waals surface area (Å²) < 4.78 is 0. The summed E-state index contributed by atoms with van der Waals surface area (Å²) in [6.07, 6.45) is 0. The summed E-state index contributed by atoms with van der Waals surface area (Å²) in [6, 6.07) is 5.10. The number of carbonyl (C=O) groups is 2. The van der Waals surface area contributed by atoms with Gasteiger partial charge in [0.15, 0.2) is 0 Å². The minimum atomic E-state index is -0.819. The molecule has 0 saturated carbocycles. The second-order valence-electron chi connectivity index (χ2n) is 5.19. The van der Waals surface area contributed by atoms with Crippen molar-refractivity contribution in [3.05, 3.63) is 28.8 Å². The number of nitrogens with zero attached hydrogens (tertiary/aromatic N) is 1. The van der Waals surface area contributed by atoms with Crippen LogP contribution in [0.5, 0.6) is 0 Å².